The van der Waals surface area contributed by atoms with E-state index in [9.17, 15) is 23.4 Å². The third kappa shape index (κ3) is 3.44. The topological polar surface area (TPSA) is 113 Å². The first-order valence-electron chi connectivity index (χ1n) is 9.66. The van der Waals surface area contributed by atoms with Crippen LogP contribution in [0.2, 0.25) is 0 Å². The second-order valence-corrected chi connectivity index (χ2v) is 9.70. The van der Waals surface area contributed by atoms with Crippen LogP contribution in [-0.2, 0) is 21.2 Å². The number of phenolic OH excluding ortho intramolecular Hbond substituents is 1. The number of sulfonamides is 1. The molecule has 0 aliphatic carbocycles. The minimum atomic E-state index is -3.74. The number of fused-ring (bicyclic) bond motifs is 1. The van der Waals surface area contributed by atoms with Crippen molar-refractivity contribution in [2.45, 2.75) is 31.2 Å². The molecule has 9 heteroatoms. The zero-order valence-corrected chi connectivity index (χ0v) is 17.5. The average molecular weight is 429 g/mol. The van der Waals surface area contributed by atoms with Gasteiger partial charge in [0.05, 0.1) is 28.6 Å². The number of benzene rings is 2. The van der Waals surface area contributed by atoms with Crippen LogP contribution in [0, 0.1) is 12.8 Å². The van der Waals surface area contributed by atoms with E-state index in [4.69, 9.17) is 0 Å². The molecular weight excluding hydrogens is 406 g/mol. The molecule has 2 N–H and O–H groups in total. The molecule has 3 aromatic rings. The van der Waals surface area contributed by atoms with Gasteiger partial charge in [0.2, 0.25) is 10.0 Å². The number of aromatic nitrogens is 2. The molecule has 1 fully saturated rings. The van der Waals surface area contributed by atoms with Crippen LogP contribution in [0.5, 0.6) is 5.75 Å². The molecular formula is C21H23N3O5S. The number of carboxylic acids is 1. The average Bonchev–Trinajstić information content (AvgIpc) is 3.22. The van der Waals surface area contributed by atoms with E-state index in [0.717, 1.165) is 10.9 Å². The maximum atomic E-state index is 13.2. The molecule has 30 heavy (non-hydrogen) atoms. The maximum Gasteiger partial charge on any atom is 0.309 e. The number of aryl methyl sites for hydroxylation is 1. The molecule has 1 aliphatic rings. The van der Waals surface area contributed by atoms with Crippen LogP contribution >= 0.6 is 0 Å². The van der Waals surface area contributed by atoms with Gasteiger partial charge in [-0.25, -0.2) is 8.42 Å². The van der Waals surface area contributed by atoms with E-state index < -0.39 is 16.0 Å². The Balaban J connectivity index is 1.71. The number of hydrogen-bond donors (Lipinski definition) is 2. The summed E-state index contributed by atoms with van der Waals surface area (Å²) >= 11 is 0. The number of phenols is 1. The number of hydrogen-bond acceptors (Lipinski definition) is 5. The highest BCUT2D eigenvalue weighted by Gasteiger charge is 2.39. The fraction of sp³-hybridized carbons (Fsp3) is 0.333. The summed E-state index contributed by atoms with van der Waals surface area (Å²) in [7, 11) is -3.74. The molecule has 1 aliphatic heterocycles. The van der Waals surface area contributed by atoms with Crippen molar-refractivity contribution in [2.75, 3.05) is 13.1 Å². The molecule has 0 spiro atoms. The minimum Gasteiger partial charge on any atom is -0.508 e. The van der Waals surface area contributed by atoms with E-state index in [2.05, 4.69) is 5.10 Å². The summed E-state index contributed by atoms with van der Waals surface area (Å²) in [5, 5.41) is 24.2. The second-order valence-electron chi connectivity index (χ2n) is 7.80. The third-order valence-electron chi connectivity index (χ3n) is 5.64. The summed E-state index contributed by atoms with van der Waals surface area (Å²) < 4.78 is 29.7. The predicted octanol–water partition coefficient (Wildman–Crippen LogP) is 2.56. The first kappa shape index (κ1) is 20.4. The van der Waals surface area contributed by atoms with Crippen LogP contribution in [0.15, 0.2) is 47.4 Å². The molecule has 0 radical (unpaired) electrons. The summed E-state index contributed by atoms with van der Waals surface area (Å²) in [5.41, 5.74) is 1.76. The zero-order chi connectivity index (χ0) is 21.6. The van der Waals surface area contributed by atoms with Crippen molar-refractivity contribution >= 4 is 26.9 Å². The highest BCUT2D eigenvalue weighted by molar-refractivity contribution is 7.89. The summed E-state index contributed by atoms with van der Waals surface area (Å²) in [6.07, 6.45) is -0.191. The van der Waals surface area contributed by atoms with Crippen molar-refractivity contribution in [1.29, 1.82) is 0 Å². The number of carboxylic acid groups (broad SMARTS) is 1. The highest BCUT2D eigenvalue weighted by Crippen LogP contribution is 2.35. The van der Waals surface area contributed by atoms with E-state index in [1.807, 2.05) is 31.2 Å². The van der Waals surface area contributed by atoms with E-state index in [1.165, 1.54) is 22.5 Å². The predicted molar refractivity (Wildman–Crippen MR) is 111 cm³/mol. The number of para-hydroxylation sites is 1. The molecule has 2 aromatic carbocycles. The summed E-state index contributed by atoms with van der Waals surface area (Å²) in [5.74, 6) is -0.955. The monoisotopic (exact) mass is 429 g/mol. The fourth-order valence-electron chi connectivity index (χ4n) is 4.16. The van der Waals surface area contributed by atoms with Gasteiger partial charge in [0.25, 0.3) is 0 Å². The van der Waals surface area contributed by atoms with Gasteiger partial charge in [0.1, 0.15) is 5.75 Å². The van der Waals surface area contributed by atoms with Gasteiger partial charge < -0.3 is 10.2 Å². The van der Waals surface area contributed by atoms with Gasteiger partial charge in [-0.3, -0.25) is 9.48 Å². The molecule has 8 nitrogen and oxygen atoms in total. The largest absolute Gasteiger partial charge is 0.508 e. The summed E-state index contributed by atoms with van der Waals surface area (Å²) in [6.45, 7) is 4.19. The quantitative estimate of drug-likeness (QED) is 0.645. The highest BCUT2D eigenvalue weighted by atomic mass is 32.2. The van der Waals surface area contributed by atoms with Gasteiger partial charge in [-0.2, -0.15) is 9.40 Å². The van der Waals surface area contributed by atoms with Crippen molar-refractivity contribution in [2.24, 2.45) is 5.92 Å². The van der Waals surface area contributed by atoms with Crippen LogP contribution in [0.1, 0.15) is 24.2 Å². The lowest BCUT2D eigenvalue weighted by molar-refractivity contribution is -0.136. The van der Waals surface area contributed by atoms with Gasteiger partial charge >= 0.3 is 5.97 Å². The number of aliphatic carboxylic acids is 1. The third-order valence-corrected chi connectivity index (χ3v) is 7.63. The van der Waals surface area contributed by atoms with E-state index in [0.29, 0.717) is 17.8 Å². The number of nitrogens with zero attached hydrogens (tertiary/aromatic N) is 3. The van der Waals surface area contributed by atoms with Crippen LogP contribution in [0.4, 0.5) is 0 Å². The van der Waals surface area contributed by atoms with Gasteiger partial charge in [0, 0.05) is 18.5 Å². The lowest BCUT2D eigenvalue weighted by Crippen LogP contribution is -2.30. The first-order chi connectivity index (χ1) is 14.2. The molecule has 4 rings (SSSR count). The van der Waals surface area contributed by atoms with Crippen molar-refractivity contribution in [3.05, 3.63) is 53.7 Å². The SMILES string of the molecule is Cc1cc(O)ccc1S(=O)(=O)N1C[C@@H](C)[C@@H](n2nc(CC(=O)O)c3ccccc32)C1. The van der Waals surface area contributed by atoms with Crippen LogP contribution in [-0.4, -0.2) is 51.8 Å². The summed E-state index contributed by atoms with van der Waals surface area (Å²) in [4.78, 5) is 11.4. The Morgan fingerprint density at radius 1 is 1.20 bits per heavy atom. The van der Waals surface area contributed by atoms with Crippen LogP contribution in [0.3, 0.4) is 0 Å². The molecule has 158 valence electrons. The Kier molecular flexibility index (Phi) is 5.03. The lowest BCUT2D eigenvalue weighted by atomic mass is 10.1. The number of carbonyl (C=O) groups is 1. The lowest BCUT2D eigenvalue weighted by Gasteiger charge is -2.18. The molecule has 2 atom stereocenters. The van der Waals surface area contributed by atoms with E-state index in [1.54, 1.807) is 11.6 Å². The van der Waals surface area contributed by atoms with Crippen molar-refractivity contribution in [1.82, 2.24) is 14.1 Å². The summed E-state index contributed by atoms with van der Waals surface area (Å²) in [6, 6.07) is 11.4. The number of aromatic hydroxyl groups is 1. The molecule has 0 saturated carbocycles. The van der Waals surface area contributed by atoms with Gasteiger partial charge in [0.15, 0.2) is 0 Å². The standard InChI is InChI=1S/C21H23N3O5S/c1-13-9-15(25)7-8-20(13)30(28,29)23-11-14(2)19(12-23)24-18-6-4-3-5-16(18)17(22-24)10-21(26)27/h3-9,14,19,25H,10-12H2,1-2H3,(H,26,27)/t14-,19+/m1/s1. The maximum absolute atomic E-state index is 13.2. The van der Waals surface area contributed by atoms with Gasteiger partial charge in [-0.1, -0.05) is 25.1 Å². The Bertz CT molecular complexity index is 1230. The van der Waals surface area contributed by atoms with E-state index >= 15 is 0 Å². The Morgan fingerprint density at radius 3 is 2.63 bits per heavy atom. The van der Waals surface area contributed by atoms with Crippen molar-refractivity contribution in [3.63, 3.8) is 0 Å². The Morgan fingerprint density at radius 2 is 1.93 bits per heavy atom. The Hall–Kier alpha value is -2.91. The molecule has 0 amide bonds. The smallest absolute Gasteiger partial charge is 0.309 e. The number of rotatable bonds is 5. The molecule has 0 bridgehead atoms. The van der Waals surface area contributed by atoms with Crippen LogP contribution < -0.4 is 0 Å². The van der Waals surface area contributed by atoms with Crippen LogP contribution in [0.25, 0.3) is 10.9 Å². The minimum absolute atomic E-state index is 0.0156. The normalized spacial score (nSPS) is 20.1. The van der Waals surface area contributed by atoms with Crippen molar-refractivity contribution < 1.29 is 23.4 Å². The Labute approximate surface area is 174 Å². The molecule has 2 heterocycles. The zero-order valence-electron chi connectivity index (χ0n) is 16.7. The second kappa shape index (κ2) is 7.41. The van der Waals surface area contributed by atoms with Crippen molar-refractivity contribution in [3.8, 4) is 5.75 Å². The fourth-order valence-corrected chi connectivity index (χ4v) is 5.93. The molecule has 1 saturated heterocycles. The first-order valence-corrected chi connectivity index (χ1v) is 11.1. The van der Waals surface area contributed by atoms with Gasteiger partial charge in [-0.05, 0) is 42.7 Å². The molecule has 0 unspecified atom stereocenters. The molecule has 1 aromatic heterocycles. The van der Waals surface area contributed by atoms with Gasteiger partial charge in [-0.15, -0.1) is 0 Å². The van der Waals surface area contributed by atoms with E-state index in [-0.39, 0.29) is 35.6 Å².